The van der Waals surface area contributed by atoms with E-state index >= 15 is 0 Å². The molecule has 0 saturated carbocycles. The predicted octanol–water partition coefficient (Wildman–Crippen LogP) is 0.543. The minimum absolute atomic E-state index is 0.000142. The highest BCUT2D eigenvalue weighted by molar-refractivity contribution is 7.12. The molecule has 0 fully saturated rings. The van der Waals surface area contributed by atoms with Crippen molar-refractivity contribution in [2.45, 2.75) is 6.92 Å². The Morgan fingerprint density at radius 1 is 1.67 bits per heavy atom. The first-order valence-electron chi connectivity index (χ1n) is 4.04. The molecule has 0 aliphatic carbocycles. The summed E-state index contributed by atoms with van der Waals surface area (Å²) in [6.45, 7) is 1.61. The third kappa shape index (κ3) is 2.21. The number of hydrogen-bond donors (Lipinski definition) is 1. The van der Waals surface area contributed by atoms with Crippen LogP contribution in [-0.4, -0.2) is 22.6 Å². The zero-order valence-electron chi connectivity index (χ0n) is 8.47. The lowest BCUT2D eigenvalue weighted by Crippen LogP contribution is -2.20. The van der Waals surface area contributed by atoms with Crippen LogP contribution in [-0.2, 0) is 7.05 Å². The van der Waals surface area contributed by atoms with Crippen molar-refractivity contribution < 1.29 is 9.72 Å². The number of hydrogen-bond acceptors (Lipinski definition) is 4. The average molecular weight is 230 g/mol. The van der Waals surface area contributed by atoms with Gasteiger partial charge in [-0.15, -0.1) is 0 Å². The molecule has 1 N–H and O–H groups in total. The molecule has 8 heteroatoms. The van der Waals surface area contributed by atoms with E-state index in [1.54, 1.807) is 14.0 Å². The summed E-state index contributed by atoms with van der Waals surface area (Å²) in [5, 5.41) is 12.9. The fraction of sp³-hybridized carbons (Fsp3) is 0.429. The number of rotatable bonds is 1. The number of amides is 2. The maximum atomic E-state index is 11.0. The zero-order valence-corrected chi connectivity index (χ0v) is 9.29. The van der Waals surface area contributed by atoms with Gasteiger partial charge in [0.15, 0.2) is 0 Å². The summed E-state index contributed by atoms with van der Waals surface area (Å²) >= 11 is 0.874. The molecule has 15 heavy (non-hydrogen) atoms. The van der Waals surface area contributed by atoms with Gasteiger partial charge in [0, 0.05) is 14.1 Å². The van der Waals surface area contributed by atoms with E-state index < -0.39 is 11.0 Å². The van der Waals surface area contributed by atoms with Crippen molar-refractivity contribution >= 4 is 22.4 Å². The summed E-state index contributed by atoms with van der Waals surface area (Å²) in [5.41, 5.74) is 0.479. The third-order valence-corrected chi connectivity index (χ3v) is 3.05. The molecule has 0 spiro atoms. The first-order valence-corrected chi connectivity index (χ1v) is 4.86. The van der Waals surface area contributed by atoms with Crippen LogP contribution in [0.5, 0.6) is 0 Å². The van der Waals surface area contributed by atoms with Crippen LogP contribution < -0.4 is 10.1 Å². The van der Waals surface area contributed by atoms with Crippen molar-refractivity contribution in [2.75, 3.05) is 7.05 Å². The lowest BCUT2D eigenvalue weighted by atomic mass is 10.5. The topological polar surface area (TPSA) is 89.5 Å². The van der Waals surface area contributed by atoms with Gasteiger partial charge in [-0.25, -0.2) is 4.79 Å². The average Bonchev–Trinajstić information content (AvgIpc) is 2.46. The highest BCUT2D eigenvalue weighted by Crippen LogP contribution is 2.19. The Kier molecular flexibility index (Phi) is 3.20. The maximum Gasteiger partial charge on any atom is 0.346 e. The molecule has 0 saturated heterocycles. The second-order valence-corrected chi connectivity index (χ2v) is 3.71. The zero-order chi connectivity index (χ0) is 11.6. The van der Waals surface area contributed by atoms with Crippen molar-refractivity contribution in [1.82, 2.24) is 9.88 Å². The van der Waals surface area contributed by atoms with Crippen molar-refractivity contribution in [3.8, 4) is 0 Å². The number of nitrogens with zero attached hydrogens (tertiary/aromatic N) is 3. The Hall–Kier alpha value is -1.70. The summed E-state index contributed by atoms with van der Waals surface area (Å²) in [4.78, 5) is 25.1. The number of nitro groups is 1. The molecular formula is C7H10N4O3S. The number of thiazole rings is 1. The van der Waals surface area contributed by atoms with E-state index in [9.17, 15) is 14.9 Å². The van der Waals surface area contributed by atoms with Gasteiger partial charge in [-0.1, -0.05) is 0 Å². The second-order valence-electron chi connectivity index (χ2n) is 2.76. The van der Waals surface area contributed by atoms with Crippen molar-refractivity contribution in [3.63, 3.8) is 0 Å². The Morgan fingerprint density at radius 2 is 2.27 bits per heavy atom. The Labute approximate surface area is 89.2 Å². The summed E-state index contributed by atoms with van der Waals surface area (Å²) in [6.07, 6.45) is 0. The lowest BCUT2D eigenvalue weighted by molar-refractivity contribution is -0.381. The van der Waals surface area contributed by atoms with Crippen molar-refractivity contribution in [2.24, 2.45) is 12.0 Å². The van der Waals surface area contributed by atoms with E-state index in [1.807, 2.05) is 0 Å². The number of urea groups is 1. The van der Waals surface area contributed by atoms with Gasteiger partial charge in [-0.05, 0) is 18.3 Å². The normalized spacial score (nSPS) is 11.5. The van der Waals surface area contributed by atoms with Crippen LogP contribution in [0.4, 0.5) is 9.80 Å². The van der Waals surface area contributed by atoms with E-state index in [1.165, 1.54) is 11.6 Å². The molecule has 0 aliphatic rings. The predicted molar refractivity (Wildman–Crippen MR) is 54.7 cm³/mol. The minimum Gasteiger partial charge on any atom is -0.339 e. The molecule has 7 nitrogen and oxygen atoms in total. The van der Waals surface area contributed by atoms with Gasteiger partial charge in [0.25, 0.3) is 0 Å². The number of carbonyl (C=O) groups is 1. The van der Waals surface area contributed by atoms with Gasteiger partial charge in [0.05, 0.1) is 4.92 Å². The molecule has 82 valence electrons. The summed E-state index contributed by atoms with van der Waals surface area (Å²) in [5.74, 6) is 0. The molecule has 0 bridgehead atoms. The third-order valence-electron chi connectivity index (χ3n) is 1.86. The minimum atomic E-state index is -0.526. The molecule has 0 atom stereocenters. The molecule has 1 rings (SSSR count). The van der Waals surface area contributed by atoms with Crippen LogP contribution in [0.25, 0.3) is 0 Å². The van der Waals surface area contributed by atoms with Gasteiger partial charge >= 0.3 is 11.0 Å². The molecule has 2 amide bonds. The van der Waals surface area contributed by atoms with E-state index in [0.717, 1.165) is 11.3 Å². The van der Waals surface area contributed by atoms with Gasteiger partial charge in [-0.3, -0.25) is 10.1 Å². The van der Waals surface area contributed by atoms with Gasteiger partial charge < -0.3 is 9.88 Å². The van der Waals surface area contributed by atoms with Crippen LogP contribution in [0.3, 0.4) is 0 Å². The largest absolute Gasteiger partial charge is 0.346 e. The van der Waals surface area contributed by atoms with E-state index in [4.69, 9.17) is 0 Å². The Morgan fingerprint density at radius 3 is 2.67 bits per heavy atom. The van der Waals surface area contributed by atoms with E-state index in [2.05, 4.69) is 10.3 Å². The lowest BCUT2D eigenvalue weighted by Gasteiger charge is -1.93. The summed E-state index contributed by atoms with van der Waals surface area (Å²) in [7, 11) is 3.07. The van der Waals surface area contributed by atoms with Crippen LogP contribution in [0.2, 0.25) is 0 Å². The highest BCUT2D eigenvalue weighted by atomic mass is 32.1. The SMILES string of the molecule is CNC(=O)N=c1sc([N+](=O)[O-])c(C)n1C. The molecular weight excluding hydrogens is 220 g/mol. The van der Waals surface area contributed by atoms with E-state index in [-0.39, 0.29) is 5.00 Å². The fourth-order valence-corrected chi connectivity index (χ4v) is 1.86. The van der Waals surface area contributed by atoms with Crippen molar-refractivity contribution in [3.05, 3.63) is 20.6 Å². The van der Waals surface area contributed by atoms with Crippen LogP contribution in [0.1, 0.15) is 5.69 Å². The van der Waals surface area contributed by atoms with Gasteiger partial charge in [0.2, 0.25) is 4.80 Å². The van der Waals surface area contributed by atoms with Gasteiger partial charge in [0.1, 0.15) is 5.69 Å². The quantitative estimate of drug-likeness (QED) is 0.564. The van der Waals surface area contributed by atoms with Crippen LogP contribution >= 0.6 is 11.3 Å². The first-order chi connectivity index (χ1) is 6.97. The molecule has 1 aromatic heterocycles. The first kappa shape index (κ1) is 11.4. The Bertz CT molecular complexity index is 473. The molecule has 1 aromatic rings. The molecule has 0 radical (unpaired) electrons. The number of carbonyl (C=O) groups excluding carboxylic acids is 1. The number of nitrogens with one attached hydrogen (secondary N) is 1. The van der Waals surface area contributed by atoms with Crippen molar-refractivity contribution in [1.29, 1.82) is 0 Å². The summed E-state index contributed by atoms with van der Waals surface area (Å²) in [6, 6.07) is -0.526. The van der Waals surface area contributed by atoms with Gasteiger partial charge in [-0.2, -0.15) is 4.99 Å². The smallest absolute Gasteiger partial charge is 0.339 e. The maximum absolute atomic E-state index is 11.0. The molecule has 0 aromatic carbocycles. The van der Waals surface area contributed by atoms with Crippen LogP contribution in [0, 0.1) is 17.0 Å². The highest BCUT2D eigenvalue weighted by Gasteiger charge is 2.17. The molecule has 1 heterocycles. The number of aromatic nitrogens is 1. The molecule has 0 aliphatic heterocycles. The monoisotopic (exact) mass is 230 g/mol. The van der Waals surface area contributed by atoms with Crippen LogP contribution in [0.15, 0.2) is 4.99 Å². The Balaban J connectivity index is 3.34. The van der Waals surface area contributed by atoms with E-state index in [0.29, 0.717) is 10.5 Å². The fourth-order valence-electron chi connectivity index (χ4n) is 0.926. The molecule has 0 unspecified atom stereocenters. The standard InChI is InChI=1S/C7H10N4O3S/c1-4-5(11(13)14)15-7(10(4)3)9-6(12)8-2/h1-3H3,(H,8,12). The summed E-state index contributed by atoms with van der Waals surface area (Å²) < 4.78 is 1.51. The second kappa shape index (κ2) is 4.22.